The van der Waals surface area contributed by atoms with Crippen LogP contribution in [-0.4, -0.2) is 0 Å². The van der Waals surface area contributed by atoms with Crippen LogP contribution < -0.4 is 0 Å². The molecule has 0 heterocycles. The molecule has 3 rings (SSSR count). The molecule has 0 unspecified atom stereocenters. The average Bonchev–Trinajstić information content (AvgIpc) is 2.55. The minimum Gasteiger partial charge on any atom is -0.0651 e. The Morgan fingerprint density at radius 1 is 0.864 bits per heavy atom. The van der Waals surface area contributed by atoms with Crippen molar-refractivity contribution >= 4 is 0 Å². The second-order valence-corrected chi connectivity index (χ2v) is 7.17. The minimum absolute atomic E-state index is 0.226. The highest BCUT2D eigenvalue weighted by Crippen LogP contribution is 2.47. The summed E-state index contributed by atoms with van der Waals surface area (Å²) in [5.41, 5.74) is 6.02. The van der Waals surface area contributed by atoms with Gasteiger partial charge in [0.2, 0.25) is 0 Å². The third kappa shape index (κ3) is 2.84. The monoisotopic (exact) mass is 292 g/mol. The van der Waals surface area contributed by atoms with Gasteiger partial charge < -0.3 is 0 Å². The van der Waals surface area contributed by atoms with Crippen LogP contribution in [0, 0.1) is 19.8 Å². The Hall–Kier alpha value is -1.56. The normalized spacial score (nSPS) is 18.3. The molecule has 22 heavy (non-hydrogen) atoms. The molecule has 1 saturated carbocycles. The summed E-state index contributed by atoms with van der Waals surface area (Å²) in [4.78, 5) is 0. The molecule has 1 aliphatic carbocycles. The molecule has 0 aromatic heterocycles. The summed E-state index contributed by atoms with van der Waals surface area (Å²) >= 11 is 0. The molecule has 0 bridgehead atoms. The highest BCUT2D eigenvalue weighted by Gasteiger charge is 2.38. The molecule has 1 fully saturated rings. The van der Waals surface area contributed by atoms with Crippen molar-refractivity contribution in [3.8, 4) is 0 Å². The second-order valence-electron chi connectivity index (χ2n) is 7.17. The molecule has 0 amide bonds. The number of hydrogen-bond donors (Lipinski definition) is 0. The average molecular weight is 292 g/mol. The Kier molecular flexibility index (Phi) is 4.38. The van der Waals surface area contributed by atoms with E-state index >= 15 is 0 Å². The maximum atomic E-state index is 2.41. The summed E-state index contributed by atoms with van der Waals surface area (Å²) in [6.45, 7) is 6.77. The Morgan fingerprint density at radius 2 is 1.36 bits per heavy atom. The first-order valence-electron chi connectivity index (χ1n) is 8.78. The smallest absolute Gasteiger partial charge is 0.0203 e. The molecule has 0 aliphatic heterocycles. The molecule has 0 heteroatoms. The zero-order valence-corrected chi connectivity index (χ0v) is 14.2. The zero-order chi connectivity index (χ0) is 15.6. The van der Waals surface area contributed by atoms with Crippen LogP contribution in [0.2, 0.25) is 0 Å². The van der Waals surface area contributed by atoms with E-state index in [2.05, 4.69) is 69.3 Å². The lowest BCUT2D eigenvalue weighted by atomic mass is 9.62. The predicted octanol–water partition coefficient (Wildman–Crippen LogP) is 6.19. The first-order valence-corrected chi connectivity index (χ1v) is 8.78. The van der Waals surface area contributed by atoms with Crippen LogP contribution in [-0.2, 0) is 5.41 Å². The quantitative estimate of drug-likeness (QED) is 0.632. The van der Waals surface area contributed by atoms with Gasteiger partial charge in [-0.1, -0.05) is 73.0 Å². The molecule has 0 nitrogen and oxygen atoms in total. The second kappa shape index (κ2) is 6.28. The van der Waals surface area contributed by atoms with E-state index in [0.29, 0.717) is 0 Å². The Labute approximate surface area is 135 Å². The number of rotatable bonds is 3. The highest BCUT2D eigenvalue weighted by atomic mass is 14.4. The first kappa shape index (κ1) is 15.3. The summed E-state index contributed by atoms with van der Waals surface area (Å²) in [7, 11) is 0. The molecule has 0 radical (unpaired) electrons. The Morgan fingerprint density at radius 3 is 1.77 bits per heavy atom. The van der Waals surface area contributed by atoms with Gasteiger partial charge in [0.05, 0.1) is 0 Å². The van der Waals surface area contributed by atoms with Gasteiger partial charge in [-0.05, 0) is 56.6 Å². The summed E-state index contributed by atoms with van der Waals surface area (Å²) in [5.74, 6) is 0.919. The zero-order valence-electron chi connectivity index (χ0n) is 14.2. The van der Waals surface area contributed by atoms with Crippen molar-refractivity contribution in [2.75, 3.05) is 0 Å². The summed E-state index contributed by atoms with van der Waals surface area (Å²) in [5, 5.41) is 0. The number of hydrogen-bond acceptors (Lipinski definition) is 0. The lowest BCUT2D eigenvalue weighted by molar-refractivity contribution is 0.260. The topological polar surface area (TPSA) is 0 Å². The van der Waals surface area contributed by atoms with E-state index in [1.54, 1.807) is 0 Å². The maximum Gasteiger partial charge on any atom is 0.0203 e. The third-order valence-corrected chi connectivity index (χ3v) is 5.68. The van der Waals surface area contributed by atoms with Gasteiger partial charge in [0.1, 0.15) is 0 Å². The molecule has 0 spiro atoms. The van der Waals surface area contributed by atoms with Gasteiger partial charge in [-0.15, -0.1) is 0 Å². The van der Waals surface area contributed by atoms with E-state index in [1.807, 2.05) is 0 Å². The summed E-state index contributed by atoms with van der Waals surface area (Å²) in [6, 6.07) is 18.4. The first-order chi connectivity index (χ1) is 10.6. The lowest BCUT2D eigenvalue weighted by Crippen LogP contribution is -2.33. The highest BCUT2D eigenvalue weighted by molar-refractivity contribution is 5.42. The standard InChI is InChI=1S/C22H28/c1-4-19-11-13-22(14-12-19,20-9-5-7-17(2)15-20)21-10-6-8-18(3)16-21/h5-10,15-16,19H,4,11-14H2,1-3H3. The van der Waals surface area contributed by atoms with Gasteiger partial charge in [-0.25, -0.2) is 0 Å². The van der Waals surface area contributed by atoms with Crippen molar-refractivity contribution in [1.29, 1.82) is 0 Å². The Bertz CT molecular complexity index is 582. The van der Waals surface area contributed by atoms with Crippen LogP contribution in [0.15, 0.2) is 48.5 Å². The molecule has 2 aromatic carbocycles. The van der Waals surface area contributed by atoms with Crippen molar-refractivity contribution in [2.24, 2.45) is 5.92 Å². The van der Waals surface area contributed by atoms with Crippen molar-refractivity contribution < 1.29 is 0 Å². The summed E-state index contributed by atoms with van der Waals surface area (Å²) in [6.07, 6.45) is 6.63. The van der Waals surface area contributed by atoms with Crippen LogP contribution in [0.5, 0.6) is 0 Å². The fraction of sp³-hybridized carbons (Fsp3) is 0.455. The van der Waals surface area contributed by atoms with Crippen LogP contribution in [0.25, 0.3) is 0 Å². The molecule has 0 N–H and O–H groups in total. The van der Waals surface area contributed by atoms with Crippen molar-refractivity contribution in [2.45, 2.75) is 58.3 Å². The maximum absolute atomic E-state index is 2.41. The van der Waals surface area contributed by atoms with Crippen molar-refractivity contribution in [1.82, 2.24) is 0 Å². The van der Waals surface area contributed by atoms with E-state index < -0.39 is 0 Å². The van der Waals surface area contributed by atoms with Crippen LogP contribution in [0.3, 0.4) is 0 Å². The number of benzene rings is 2. The molecular weight excluding hydrogens is 264 g/mol. The van der Waals surface area contributed by atoms with Gasteiger partial charge >= 0.3 is 0 Å². The van der Waals surface area contributed by atoms with E-state index in [-0.39, 0.29) is 5.41 Å². The van der Waals surface area contributed by atoms with E-state index in [0.717, 1.165) is 5.92 Å². The molecule has 2 aromatic rings. The minimum atomic E-state index is 0.226. The van der Waals surface area contributed by atoms with Gasteiger partial charge in [-0.3, -0.25) is 0 Å². The van der Waals surface area contributed by atoms with Crippen LogP contribution >= 0.6 is 0 Å². The van der Waals surface area contributed by atoms with Crippen molar-refractivity contribution in [3.05, 3.63) is 70.8 Å². The predicted molar refractivity (Wildman–Crippen MR) is 95.4 cm³/mol. The van der Waals surface area contributed by atoms with Crippen molar-refractivity contribution in [3.63, 3.8) is 0 Å². The van der Waals surface area contributed by atoms with E-state index in [1.165, 1.54) is 54.4 Å². The molecule has 116 valence electrons. The number of aryl methyl sites for hydroxylation is 2. The molecule has 1 aliphatic rings. The van der Waals surface area contributed by atoms with Crippen LogP contribution in [0.1, 0.15) is 61.3 Å². The van der Waals surface area contributed by atoms with E-state index in [4.69, 9.17) is 0 Å². The summed E-state index contributed by atoms with van der Waals surface area (Å²) < 4.78 is 0. The van der Waals surface area contributed by atoms with Crippen LogP contribution in [0.4, 0.5) is 0 Å². The lowest BCUT2D eigenvalue weighted by Gasteiger charge is -2.41. The SMILES string of the molecule is CCC1CCC(c2cccc(C)c2)(c2cccc(C)c2)CC1. The molecule has 0 atom stereocenters. The van der Waals surface area contributed by atoms with Gasteiger partial charge in [0, 0.05) is 5.41 Å². The Balaban J connectivity index is 2.07. The molecular formula is C22H28. The fourth-order valence-corrected chi connectivity index (χ4v) is 4.21. The van der Waals surface area contributed by atoms with E-state index in [9.17, 15) is 0 Å². The van der Waals surface area contributed by atoms with Gasteiger partial charge in [0.15, 0.2) is 0 Å². The van der Waals surface area contributed by atoms with Gasteiger partial charge in [-0.2, -0.15) is 0 Å². The van der Waals surface area contributed by atoms with Gasteiger partial charge in [0.25, 0.3) is 0 Å². The molecule has 0 saturated heterocycles. The largest absolute Gasteiger partial charge is 0.0651 e. The third-order valence-electron chi connectivity index (χ3n) is 5.68. The fourth-order valence-electron chi connectivity index (χ4n) is 4.21.